The Hall–Kier alpha value is -1.85. The summed E-state index contributed by atoms with van der Waals surface area (Å²) in [7, 11) is 1.90. The highest BCUT2D eigenvalue weighted by molar-refractivity contribution is 5.49. The summed E-state index contributed by atoms with van der Waals surface area (Å²) in [5.41, 5.74) is 0.850. The number of rotatable bonds is 3. The third-order valence-electron chi connectivity index (χ3n) is 2.38. The maximum Gasteiger partial charge on any atom is 0.322 e. The van der Waals surface area contributed by atoms with Crippen molar-refractivity contribution in [3.63, 3.8) is 0 Å². The average molecular weight is 205 g/mol. The Morgan fingerprint density at radius 1 is 1.53 bits per heavy atom. The fraction of sp³-hybridized carbons (Fsp3) is 0.444. The van der Waals surface area contributed by atoms with E-state index < -0.39 is 0 Å². The van der Waals surface area contributed by atoms with Crippen LogP contribution in [0.5, 0.6) is 0 Å². The molecular formula is C9H11N5O. The van der Waals surface area contributed by atoms with Gasteiger partial charge in [-0.15, -0.1) is 0 Å². The second-order valence-corrected chi connectivity index (χ2v) is 3.73. The number of nitrogens with one attached hydrogen (secondary N) is 1. The van der Waals surface area contributed by atoms with Gasteiger partial charge in [-0.25, -0.2) is 4.98 Å². The molecule has 0 atom stereocenters. The molecule has 1 saturated carbocycles. The minimum Gasteiger partial charge on any atom is -0.335 e. The fourth-order valence-electron chi connectivity index (χ4n) is 1.36. The summed E-state index contributed by atoms with van der Waals surface area (Å²) in [6.45, 7) is 0. The highest BCUT2D eigenvalue weighted by atomic mass is 16.5. The van der Waals surface area contributed by atoms with Gasteiger partial charge in [-0.2, -0.15) is 4.98 Å². The van der Waals surface area contributed by atoms with Gasteiger partial charge in [-0.1, -0.05) is 5.16 Å². The number of aryl methyl sites for hydroxylation is 1. The molecule has 15 heavy (non-hydrogen) atoms. The molecule has 0 aromatic carbocycles. The van der Waals surface area contributed by atoms with Crippen molar-refractivity contribution in [1.82, 2.24) is 19.7 Å². The van der Waals surface area contributed by atoms with Crippen LogP contribution in [0.2, 0.25) is 0 Å². The van der Waals surface area contributed by atoms with E-state index >= 15 is 0 Å². The van der Waals surface area contributed by atoms with E-state index in [0.717, 1.165) is 5.69 Å². The Kier molecular flexibility index (Phi) is 1.74. The molecular weight excluding hydrogens is 194 g/mol. The van der Waals surface area contributed by atoms with Crippen LogP contribution < -0.4 is 5.32 Å². The van der Waals surface area contributed by atoms with Gasteiger partial charge >= 0.3 is 6.01 Å². The third kappa shape index (κ3) is 1.58. The topological polar surface area (TPSA) is 68.8 Å². The first-order valence-electron chi connectivity index (χ1n) is 4.90. The highest BCUT2D eigenvalue weighted by Crippen LogP contribution is 2.24. The summed E-state index contributed by atoms with van der Waals surface area (Å²) in [4.78, 5) is 8.25. The summed E-state index contributed by atoms with van der Waals surface area (Å²) in [6, 6.07) is 1.01. The molecule has 6 heteroatoms. The third-order valence-corrected chi connectivity index (χ3v) is 2.38. The summed E-state index contributed by atoms with van der Waals surface area (Å²) < 4.78 is 6.93. The Bertz CT molecular complexity index is 470. The van der Waals surface area contributed by atoms with Gasteiger partial charge in [0.1, 0.15) is 5.69 Å². The van der Waals surface area contributed by atoms with E-state index in [1.54, 1.807) is 12.5 Å². The van der Waals surface area contributed by atoms with Gasteiger partial charge in [-0.3, -0.25) is 0 Å². The van der Waals surface area contributed by atoms with Crippen LogP contribution in [0.1, 0.15) is 12.8 Å². The van der Waals surface area contributed by atoms with Crippen LogP contribution >= 0.6 is 0 Å². The minimum absolute atomic E-state index is 0.494. The van der Waals surface area contributed by atoms with E-state index in [0.29, 0.717) is 17.9 Å². The monoisotopic (exact) mass is 205 g/mol. The molecule has 0 unspecified atom stereocenters. The lowest BCUT2D eigenvalue weighted by molar-refractivity contribution is 0.431. The highest BCUT2D eigenvalue weighted by Gasteiger charge is 2.23. The lowest BCUT2D eigenvalue weighted by atomic mass is 10.4. The second-order valence-electron chi connectivity index (χ2n) is 3.73. The van der Waals surface area contributed by atoms with E-state index in [-0.39, 0.29) is 0 Å². The molecule has 1 fully saturated rings. The molecule has 0 spiro atoms. The molecule has 2 aromatic heterocycles. The Labute approximate surface area is 86.3 Å². The lowest BCUT2D eigenvalue weighted by Gasteiger charge is -1.94. The molecule has 0 bridgehead atoms. The Morgan fingerprint density at radius 3 is 3.07 bits per heavy atom. The predicted molar refractivity (Wildman–Crippen MR) is 53.1 cm³/mol. The average Bonchev–Trinajstić information content (AvgIpc) is 2.74. The molecule has 6 nitrogen and oxygen atoms in total. The van der Waals surface area contributed by atoms with E-state index in [1.807, 2.05) is 11.6 Å². The molecule has 3 rings (SSSR count). The van der Waals surface area contributed by atoms with Crippen molar-refractivity contribution < 1.29 is 4.52 Å². The van der Waals surface area contributed by atoms with Crippen LogP contribution in [0.15, 0.2) is 17.0 Å². The molecule has 78 valence electrons. The van der Waals surface area contributed by atoms with Crippen LogP contribution in [0.3, 0.4) is 0 Å². The van der Waals surface area contributed by atoms with Crippen LogP contribution in [0.4, 0.5) is 6.01 Å². The Balaban J connectivity index is 1.86. The second kappa shape index (κ2) is 3.08. The number of aromatic nitrogens is 4. The van der Waals surface area contributed by atoms with E-state index in [4.69, 9.17) is 4.52 Å². The van der Waals surface area contributed by atoms with Gasteiger partial charge in [0.2, 0.25) is 5.82 Å². The van der Waals surface area contributed by atoms with Crippen molar-refractivity contribution in [2.24, 2.45) is 7.05 Å². The molecule has 2 heterocycles. The van der Waals surface area contributed by atoms with Crippen molar-refractivity contribution in [2.75, 3.05) is 5.32 Å². The van der Waals surface area contributed by atoms with Crippen molar-refractivity contribution in [1.29, 1.82) is 0 Å². The molecule has 1 N–H and O–H groups in total. The van der Waals surface area contributed by atoms with Crippen LogP contribution in [0, 0.1) is 0 Å². The molecule has 0 aliphatic heterocycles. The first-order chi connectivity index (χ1) is 7.33. The zero-order valence-corrected chi connectivity index (χ0v) is 8.34. The summed E-state index contributed by atoms with van der Waals surface area (Å²) in [5, 5.41) is 7.04. The zero-order valence-electron chi connectivity index (χ0n) is 8.34. The van der Waals surface area contributed by atoms with Gasteiger partial charge in [0.05, 0.1) is 12.5 Å². The first kappa shape index (κ1) is 8.46. The quantitative estimate of drug-likeness (QED) is 0.810. The maximum atomic E-state index is 5.08. The maximum absolute atomic E-state index is 5.08. The molecule has 0 radical (unpaired) electrons. The van der Waals surface area contributed by atoms with Crippen LogP contribution in [-0.4, -0.2) is 25.7 Å². The normalized spacial score (nSPS) is 15.5. The molecule has 1 aliphatic rings. The molecule has 2 aromatic rings. The van der Waals surface area contributed by atoms with Gasteiger partial charge in [-0.05, 0) is 12.8 Å². The Morgan fingerprint density at radius 2 is 2.40 bits per heavy atom. The number of hydrogen-bond acceptors (Lipinski definition) is 5. The summed E-state index contributed by atoms with van der Waals surface area (Å²) >= 11 is 0. The van der Waals surface area contributed by atoms with Crippen molar-refractivity contribution in [3.8, 4) is 11.5 Å². The van der Waals surface area contributed by atoms with E-state index in [2.05, 4.69) is 20.4 Å². The van der Waals surface area contributed by atoms with Gasteiger partial charge in [0.15, 0.2) is 0 Å². The SMILES string of the molecule is Cn1cncc1-c1noc(NC2CC2)n1. The standard InChI is InChI=1S/C9H11N5O/c1-14-5-10-4-7(14)8-12-9(15-13-8)11-6-2-3-6/h4-6H,2-3H2,1H3,(H,11,12,13). The van der Waals surface area contributed by atoms with Gasteiger partial charge in [0, 0.05) is 13.1 Å². The minimum atomic E-state index is 0.494. The largest absolute Gasteiger partial charge is 0.335 e. The van der Waals surface area contributed by atoms with Crippen LogP contribution in [0.25, 0.3) is 11.5 Å². The summed E-state index contributed by atoms with van der Waals surface area (Å²) in [6.07, 6.45) is 5.79. The zero-order chi connectivity index (χ0) is 10.3. The van der Waals surface area contributed by atoms with Crippen molar-refractivity contribution in [2.45, 2.75) is 18.9 Å². The van der Waals surface area contributed by atoms with Gasteiger partial charge < -0.3 is 14.4 Å². The molecule has 0 saturated heterocycles. The van der Waals surface area contributed by atoms with E-state index in [1.165, 1.54) is 12.8 Å². The van der Waals surface area contributed by atoms with Crippen molar-refractivity contribution >= 4 is 6.01 Å². The number of hydrogen-bond donors (Lipinski definition) is 1. The van der Waals surface area contributed by atoms with Gasteiger partial charge in [0.25, 0.3) is 0 Å². The number of anilines is 1. The van der Waals surface area contributed by atoms with E-state index in [9.17, 15) is 0 Å². The van der Waals surface area contributed by atoms with Crippen LogP contribution in [-0.2, 0) is 7.05 Å². The lowest BCUT2D eigenvalue weighted by Crippen LogP contribution is -2.00. The fourth-order valence-corrected chi connectivity index (χ4v) is 1.36. The smallest absolute Gasteiger partial charge is 0.322 e. The number of imidazole rings is 1. The molecule has 0 amide bonds. The first-order valence-corrected chi connectivity index (χ1v) is 4.90. The van der Waals surface area contributed by atoms with Crippen molar-refractivity contribution in [3.05, 3.63) is 12.5 Å². The summed E-state index contributed by atoms with van der Waals surface area (Å²) in [5.74, 6) is 0.568. The number of nitrogens with zero attached hydrogens (tertiary/aromatic N) is 4. The molecule has 1 aliphatic carbocycles. The predicted octanol–water partition coefficient (Wildman–Crippen LogP) is 1.04.